The van der Waals surface area contributed by atoms with Crippen molar-refractivity contribution in [3.8, 4) is 0 Å². The molecule has 2 heterocycles. The molecule has 0 aliphatic heterocycles. The molecule has 1 N–H and O–H groups in total. The second-order valence-corrected chi connectivity index (χ2v) is 8.09. The fraction of sp³-hybridized carbons (Fsp3) is 0.526. The van der Waals surface area contributed by atoms with Crippen LogP contribution >= 0.6 is 11.3 Å². The van der Waals surface area contributed by atoms with Gasteiger partial charge in [-0.2, -0.15) is 0 Å². The molecule has 24 heavy (non-hydrogen) atoms. The lowest BCUT2D eigenvalue weighted by molar-refractivity contribution is -0.117. The normalized spacial score (nSPS) is 25.1. The van der Waals surface area contributed by atoms with Gasteiger partial charge in [0.1, 0.15) is 0 Å². The second kappa shape index (κ2) is 6.63. The standard InChI is InChI=1S/C19H23N3OS/c1-2-4-12-6-7-16-17(9-12)24-19(21-16)22-18(23)15-10-14(15)13-5-3-8-20-11-13/h3,5,8,11-12,14-15H,2,4,6-7,9-10H2,1H3,(H,21,22,23)/t12-,14-,15-/m1/s1. The fourth-order valence-electron chi connectivity index (χ4n) is 3.80. The molecule has 126 valence electrons. The van der Waals surface area contributed by atoms with Gasteiger partial charge in [-0.25, -0.2) is 4.98 Å². The predicted octanol–water partition coefficient (Wildman–Crippen LogP) is 4.19. The summed E-state index contributed by atoms with van der Waals surface area (Å²) in [5.74, 6) is 1.30. The number of carbonyl (C=O) groups excluding carboxylic acids is 1. The number of carbonyl (C=O) groups is 1. The molecule has 2 aliphatic carbocycles. The molecule has 0 radical (unpaired) electrons. The number of nitrogens with zero attached hydrogens (tertiary/aromatic N) is 2. The first-order valence-corrected chi connectivity index (χ1v) is 9.75. The summed E-state index contributed by atoms with van der Waals surface area (Å²) < 4.78 is 0. The van der Waals surface area contributed by atoms with Crippen molar-refractivity contribution >= 4 is 22.4 Å². The minimum absolute atomic E-state index is 0.0722. The Bertz CT molecular complexity index is 727. The topological polar surface area (TPSA) is 54.9 Å². The van der Waals surface area contributed by atoms with Crippen LogP contribution in [0.1, 0.15) is 54.7 Å². The van der Waals surface area contributed by atoms with Gasteiger partial charge in [0.25, 0.3) is 0 Å². The Morgan fingerprint density at radius 3 is 3.17 bits per heavy atom. The number of hydrogen-bond donors (Lipinski definition) is 1. The van der Waals surface area contributed by atoms with Crippen LogP contribution in [0.15, 0.2) is 24.5 Å². The van der Waals surface area contributed by atoms with Crippen LogP contribution < -0.4 is 5.32 Å². The quantitative estimate of drug-likeness (QED) is 0.887. The molecule has 5 heteroatoms. The average Bonchev–Trinajstić information content (AvgIpc) is 3.30. The van der Waals surface area contributed by atoms with E-state index < -0.39 is 0 Å². The van der Waals surface area contributed by atoms with Crippen LogP contribution in [0.4, 0.5) is 5.13 Å². The van der Waals surface area contributed by atoms with Crippen molar-refractivity contribution in [2.75, 3.05) is 5.32 Å². The third kappa shape index (κ3) is 3.22. The van der Waals surface area contributed by atoms with E-state index in [2.05, 4.69) is 28.3 Å². The first kappa shape index (κ1) is 15.8. The van der Waals surface area contributed by atoms with Crippen LogP contribution in [0.25, 0.3) is 0 Å². The number of amides is 1. The van der Waals surface area contributed by atoms with E-state index in [1.165, 1.54) is 35.4 Å². The molecule has 0 spiro atoms. The monoisotopic (exact) mass is 341 g/mol. The van der Waals surface area contributed by atoms with Gasteiger partial charge >= 0.3 is 0 Å². The lowest BCUT2D eigenvalue weighted by Crippen LogP contribution is -2.14. The number of thiazole rings is 1. The van der Waals surface area contributed by atoms with E-state index in [4.69, 9.17) is 0 Å². The summed E-state index contributed by atoms with van der Waals surface area (Å²) in [7, 11) is 0. The number of fused-ring (bicyclic) bond motifs is 1. The Balaban J connectivity index is 1.38. The number of rotatable bonds is 5. The highest BCUT2D eigenvalue weighted by molar-refractivity contribution is 7.15. The molecule has 0 unspecified atom stereocenters. The van der Waals surface area contributed by atoms with Crippen LogP contribution in [0, 0.1) is 11.8 Å². The van der Waals surface area contributed by atoms with Crippen LogP contribution in [0.3, 0.4) is 0 Å². The Morgan fingerprint density at radius 2 is 2.38 bits per heavy atom. The van der Waals surface area contributed by atoms with Gasteiger partial charge in [0.2, 0.25) is 5.91 Å². The Labute approximate surface area is 146 Å². The van der Waals surface area contributed by atoms with Crippen molar-refractivity contribution in [1.29, 1.82) is 0 Å². The van der Waals surface area contributed by atoms with Crippen molar-refractivity contribution in [2.45, 2.75) is 51.4 Å². The predicted molar refractivity (Wildman–Crippen MR) is 96.3 cm³/mol. The number of anilines is 1. The Morgan fingerprint density at radius 1 is 1.46 bits per heavy atom. The van der Waals surface area contributed by atoms with E-state index in [1.54, 1.807) is 17.5 Å². The number of nitrogens with one attached hydrogen (secondary N) is 1. The minimum atomic E-state index is 0.0722. The molecule has 1 saturated carbocycles. The maximum Gasteiger partial charge on any atom is 0.229 e. The van der Waals surface area contributed by atoms with Gasteiger partial charge in [-0.15, -0.1) is 11.3 Å². The van der Waals surface area contributed by atoms with Gasteiger partial charge in [0.15, 0.2) is 5.13 Å². The van der Waals surface area contributed by atoms with Gasteiger partial charge in [-0.3, -0.25) is 9.78 Å². The summed E-state index contributed by atoms with van der Waals surface area (Å²) in [6.45, 7) is 2.25. The maximum absolute atomic E-state index is 12.5. The fourth-order valence-corrected chi connectivity index (χ4v) is 4.92. The SMILES string of the molecule is CCC[C@@H]1CCc2nc(NC(=O)[C@@H]3C[C@@H]3c3cccnc3)sc2C1. The molecule has 0 saturated heterocycles. The largest absolute Gasteiger partial charge is 0.302 e. The summed E-state index contributed by atoms with van der Waals surface area (Å²) in [5, 5.41) is 3.85. The van der Waals surface area contributed by atoms with Crippen LogP contribution in [-0.4, -0.2) is 15.9 Å². The zero-order valence-electron chi connectivity index (χ0n) is 14.0. The average molecular weight is 341 g/mol. The van der Waals surface area contributed by atoms with E-state index in [0.29, 0.717) is 5.92 Å². The molecule has 1 fully saturated rings. The molecule has 4 nitrogen and oxygen atoms in total. The van der Waals surface area contributed by atoms with Crippen molar-refractivity contribution in [1.82, 2.24) is 9.97 Å². The molecule has 4 rings (SSSR count). The van der Waals surface area contributed by atoms with Crippen molar-refractivity contribution < 1.29 is 4.79 Å². The van der Waals surface area contributed by atoms with Crippen molar-refractivity contribution in [3.05, 3.63) is 40.7 Å². The maximum atomic E-state index is 12.5. The molecule has 3 atom stereocenters. The molecular weight excluding hydrogens is 318 g/mol. The first-order chi connectivity index (χ1) is 11.7. The first-order valence-electron chi connectivity index (χ1n) is 8.94. The summed E-state index contributed by atoms with van der Waals surface area (Å²) in [4.78, 5) is 22.7. The minimum Gasteiger partial charge on any atom is -0.302 e. The molecular formula is C19H23N3OS. The van der Waals surface area contributed by atoms with Crippen molar-refractivity contribution in [2.24, 2.45) is 11.8 Å². The third-order valence-electron chi connectivity index (χ3n) is 5.21. The number of aromatic nitrogens is 2. The zero-order valence-corrected chi connectivity index (χ0v) is 14.8. The van der Waals surface area contributed by atoms with E-state index >= 15 is 0 Å². The highest BCUT2D eigenvalue weighted by Crippen LogP contribution is 2.48. The lowest BCUT2D eigenvalue weighted by atomic mass is 9.88. The highest BCUT2D eigenvalue weighted by Gasteiger charge is 2.44. The van der Waals surface area contributed by atoms with E-state index in [1.807, 2.05) is 12.3 Å². The zero-order chi connectivity index (χ0) is 16.5. The van der Waals surface area contributed by atoms with Crippen LogP contribution in [-0.2, 0) is 17.6 Å². The van der Waals surface area contributed by atoms with Gasteiger partial charge < -0.3 is 5.32 Å². The molecule has 0 bridgehead atoms. The molecule has 2 aromatic rings. The van der Waals surface area contributed by atoms with Crippen LogP contribution in [0.2, 0.25) is 0 Å². The van der Waals surface area contributed by atoms with E-state index in [9.17, 15) is 4.79 Å². The van der Waals surface area contributed by atoms with Gasteiger partial charge in [-0.1, -0.05) is 25.8 Å². The third-order valence-corrected chi connectivity index (χ3v) is 6.24. The highest BCUT2D eigenvalue weighted by atomic mass is 32.1. The summed E-state index contributed by atoms with van der Waals surface area (Å²) >= 11 is 1.68. The number of aryl methyl sites for hydroxylation is 1. The summed E-state index contributed by atoms with van der Waals surface area (Å²) in [5.41, 5.74) is 2.38. The van der Waals surface area contributed by atoms with Gasteiger partial charge in [0.05, 0.1) is 5.69 Å². The van der Waals surface area contributed by atoms with Crippen molar-refractivity contribution in [3.63, 3.8) is 0 Å². The van der Waals surface area contributed by atoms with E-state index in [-0.39, 0.29) is 11.8 Å². The van der Waals surface area contributed by atoms with Gasteiger partial charge in [-0.05, 0) is 49.1 Å². The Hall–Kier alpha value is -1.75. The summed E-state index contributed by atoms with van der Waals surface area (Å²) in [6.07, 6.45) is 10.5. The lowest BCUT2D eigenvalue weighted by Gasteiger charge is -2.19. The summed E-state index contributed by atoms with van der Waals surface area (Å²) in [6, 6.07) is 3.99. The molecule has 1 amide bonds. The number of hydrogen-bond acceptors (Lipinski definition) is 4. The van der Waals surface area contributed by atoms with Gasteiger partial charge in [0, 0.05) is 23.2 Å². The van der Waals surface area contributed by atoms with Crippen LogP contribution in [0.5, 0.6) is 0 Å². The van der Waals surface area contributed by atoms with E-state index in [0.717, 1.165) is 30.3 Å². The molecule has 2 aromatic heterocycles. The molecule has 0 aromatic carbocycles. The molecule has 2 aliphatic rings. The smallest absolute Gasteiger partial charge is 0.229 e. The number of pyridine rings is 1. The Kier molecular flexibility index (Phi) is 4.35. The second-order valence-electron chi connectivity index (χ2n) is 7.01.